The third kappa shape index (κ3) is 6.16. The summed E-state index contributed by atoms with van der Waals surface area (Å²) < 4.78 is 6.23. The van der Waals surface area contributed by atoms with Crippen molar-refractivity contribution >= 4 is 35.0 Å². The van der Waals surface area contributed by atoms with E-state index < -0.39 is 0 Å². The fourth-order valence-electron chi connectivity index (χ4n) is 4.30. The molecule has 182 valence electrons. The lowest BCUT2D eigenvalue weighted by atomic mass is 10.0. The highest BCUT2D eigenvalue weighted by atomic mass is 35.5. The van der Waals surface area contributed by atoms with Crippen LogP contribution in [-0.4, -0.2) is 54.4 Å². The predicted octanol–water partition coefficient (Wildman–Crippen LogP) is 5.99. The summed E-state index contributed by atoms with van der Waals surface area (Å²) in [7, 11) is 1.77. The van der Waals surface area contributed by atoms with Gasteiger partial charge in [-0.2, -0.15) is 0 Å². The highest BCUT2D eigenvalue weighted by Crippen LogP contribution is 2.27. The van der Waals surface area contributed by atoms with Gasteiger partial charge in [0.1, 0.15) is 12.4 Å². The van der Waals surface area contributed by atoms with E-state index in [-0.39, 0.29) is 24.5 Å². The monoisotopic (exact) mass is 510 g/mol. The number of amides is 2. The lowest BCUT2D eigenvalue weighted by Crippen LogP contribution is -2.46. The third-order valence-corrected chi connectivity index (χ3v) is 6.78. The fourth-order valence-corrected chi connectivity index (χ4v) is 4.69. The van der Waals surface area contributed by atoms with Gasteiger partial charge in [-0.25, -0.2) is 0 Å². The normalized spacial score (nSPS) is 17.1. The van der Waals surface area contributed by atoms with Crippen molar-refractivity contribution in [1.82, 2.24) is 9.80 Å². The molecule has 1 heterocycles. The molecule has 0 spiro atoms. The molecule has 7 heteroatoms. The van der Waals surface area contributed by atoms with Crippen LogP contribution in [0.1, 0.15) is 39.1 Å². The van der Waals surface area contributed by atoms with Crippen molar-refractivity contribution in [1.29, 1.82) is 0 Å². The predicted molar refractivity (Wildman–Crippen MR) is 140 cm³/mol. The average molecular weight is 511 g/mol. The van der Waals surface area contributed by atoms with Crippen molar-refractivity contribution in [2.75, 3.05) is 26.7 Å². The number of benzene rings is 3. The second-order valence-corrected chi connectivity index (χ2v) is 9.55. The Hall–Kier alpha value is -3.02. The topological polar surface area (TPSA) is 49.9 Å². The van der Waals surface area contributed by atoms with E-state index in [1.807, 2.05) is 47.4 Å². The zero-order chi connectivity index (χ0) is 24.8. The molecule has 0 saturated carbocycles. The third-order valence-electron chi connectivity index (χ3n) is 6.21. The Kier molecular flexibility index (Phi) is 8.32. The summed E-state index contributed by atoms with van der Waals surface area (Å²) in [5.41, 5.74) is 1.99. The number of rotatable bonds is 3. The van der Waals surface area contributed by atoms with Gasteiger partial charge >= 0.3 is 0 Å². The van der Waals surface area contributed by atoms with Crippen molar-refractivity contribution in [3.63, 3.8) is 0 Å². The first kappa shape index (κ1) is 25.1. The van der Waals surface area contributed by atoms with Gasteiger partial charge < -0.3 is 14.5 Å². The lowest BCUT2D eigenvalue weighted by molar-refractivity contribution is 0.0591. The van der Waals surface area contributed by atoms with Crippen LogP contribution in [0.15, 0.2) is 72.8 Å². The lowest BCUT2D eigenvalue weighted by Gasteiger charge is -2.33. The zero-order valence-electron chi connectivity index (χ0n) is 19.6. The summed E-state index contributed by atoms with van der Waals surface area (Å²) in [4.78, 5) is 30.4. The summed E-state index contributed by atoms with van der Waals surface area (Å²) in [6.45, 7) is 1.30. The smallest absolute Gasteiger partial charge is 0.257 e. The van der Waals surface area contributed by atoms with Crippen LogP contribution in [0.5, 0.6) is 5.75 Å². The van der Waals surface area contributed by atoms with Crippen molar-refractivity contribution in [3.05, 3.63) is 99.5 Å². The van der Waals surface area contributed by atoms with Gasteiger partial charge in [-0.05, 0) is 55.2 Å². The molecule has 35 heavy (non-hydrogen) atoms. The standard InChI is InChI=1S/C28H28Cl2N2O3/c1-31-15-7-8-16-32(28(34)23-11-5-6-12-25(23)30)22(17-20-9-3-2-4-10-20)19-35-26-14-13-21(29)18-24(26)27(31)33/h2-6,9-14,18,22H,7-8,15-17,19H2,1H3/t22-/m1/s1. The maximum absolute atomic E-state index is 13.7. The van der Waals surface area contributed by atoms with Crippen molar-refractivity contribution in [2.24, 2.45) is 0 Å². The number of carbonyl (C=O) groups excluding carboxylic acids is 2. The van der Waals surface area contributed by atoms with Crippen LogP contribution in [0.4, 0.5) is 0 Å². The van der Waals surface area contributed by atoms with Gasteiger partial charge in [0, 0.05) is 25.2 Å². The Bertz CT molecular complexity index is 1190. The van der Waals surface area contributed by atoms with E-state index in [1.54, 1.807) is 42.3 Å². The molecule has 1 aliphatic heterocycles. The molecule has 0 fully saturated rings. The quantitative estimate of drug-likeness (QED) is 0.434. The number of hydrogen-bond donors (Lipinski definition) is 0. The summed E-state index contributed by atoms with van der Waals surface area (Å²) in [6.07, 6.45) is 2.10. The summed E-state index contributed by atoms with van der Waals surface area (Å²) in [6, 6.07) is 21.9. The molecule has 0 N–H and O–H groups in total. The van der Waals surface area contributed by atoms with Crippen LogP contribution >= 0.6 is 23.2 Å². The summed E-state index contributed by atoms with van der Waals surface area (Å²) in [5, 5.41) is 0.894. The second-order valence-electron chi connectivity index (χ2n) is 8.71. The van der Waals surface area contributed by atoms with Crippen LogP contribution in [0.3, 0.4) is 0 Å². The molecule has 0 bridgehead atoms. The molecule has 0 aromatic heterocycles. The van der Waals surface area contributed by atoms with Crippen molar-refractivity contribution < 1.29 is 14.3 Å². The van der Waals surface area contributed by atoms with Crippen LogP contribution in [-0.2, 0) is 6.42 Å². The fraction of sp³-hybridized carbons (Fsp3) is 0.286. The molecule has 4 rings (SSSR count). The number of fused-ring (bicyclic) bond motifs is 1. The SMILES string of the molecule is CN1CCCCN(C(=O)c2ccccc2Cl)[C@H](Cc2ccccc2)COc2ccc(Cl)cc2C1=O. The van der Waals surface area contributed by atoms with Crippen molar-refractivity contribution in [3.8, 4) is 5.75 Å². The van der Waals surface area contributed by atoms with Gasteiger partial charge in [-0.3, -0.25) is 9.59 Å². The zero-order valence-corrected chi connectivity index (χ0v) is 21.1. The molecule has 5 nitrogen and oxygen atoms in total. The molecule has 3 aromatic rings. The first-order chi connectivity index (χ1) is 16.9. The minimum absolute atomic E-state index is 0.127. The van der Waals surface area contributed by atoms with E-state index in [9.17, 15) is 9.59 Å². The van der Waals surface area contributed by atoms with Gasteiger partial charge in [-0.15, -0.1) is 0 Å². The molecule has 1 atom stereocenters. The largest absolute Gasteiger partial charge is 0.491 e. The first-order valence-electron chi connectivity index (χ1n) is 11.7. The molecule has 0 radical (unpaired) electrons. The van der Waals surface area contributed by atoms with Crippen LogP contribution in [0.2, 0.25) is 10.0 Å². The molecular formula is C28H28Cl2N2O3. The van der Waals surface area contributed by atoms with E-state index in [2.05, 4.69) is 0 Å². The molecule has 3 aromatic carbocycles. The number of ether oxygens (including phenoxy) is 1. The highest BCUT2D eigenvalue weighted by Gasteiger charge is 2.28. The molecule has 0 saturated heterocycles. The number of nitrogens with zero attached hydrogens (tertiary/aromatic N) is 2. The van der Waals surface area contributed by atoms with Gasteiger partial charge in [0.15, 0.2) is 0 Å². The summed E-state index contributed by atoms with van der Waals surface area (Å²) >= 11 is 12.6. The Morgan fingerprint density at radius 2 is 1.69 bits per heavy atom. The molecule has 1 aliphatic rings. The van der Waals surface area contributed by atoms with E-state index in [1.165, 1.54) is 0 Å². The Morgan fingerprint density at radius 1 is 0.971 bits per heavy atom. The van der Waals surface area contributed by atoms with E-state index >= 15 is 0 Å². The first-order valence-corrected chi connectivity index (χ1v) is 12.5. The molecular weight excluding hydrogens is 483 g/mol. The van der Waals surface area contributed by atoms with Gasteiger partial charge in [0.25, 0.3) is 11.8 Å². The van der Waals surface area contributed by atoms with Crippen LogP contribution in [0, 0.1) is 0 Å². The second kappa shape index (κ2) is 11.6. The average Bonchev–Trinajstić information content (AvgIpc) is 2.86. The van der Waals surface area contributed by atoms with E-state index in [4.69, 9.17) is 27.9 Å². The molecule has 0 aliphatic carbocycles. The molecule has 2 amide bonds. The van der Waals surface area contributed by atoms with E-state index in [0.717, 1.165) is 18.4 Å². The minimum atomic E-state index is -0.267. The minimum Gasteiger partial charge on any atom is -0.491 e. The number of carbonyl (C=O) groups is 2. The van der Waals surface area contributed by atoms with Gasteiger partial charge in [0.05, 0.1) is 22.2 Å². The van der Waals surface area contributed by atoms with Gasteiger partial charge in [-0.1, -0.05) is 65.7 Å². The highest BCUT2D eigenvalue weighted by molar-refractivity contribution is 6.33. The van der Waals surface area contributed by atoms with Gasteiger partial charge in [0.2, 0.25) is 0 Å². The number of halogens is 2. The summed E-state index contributed by atoms with van der Waals surface area (Å²) in [5.74, 6) is 0.194. The number of hydrogen-bond acceptors (Lipinski definition) is 3. The van der Waals surface area contributed by atoms with Crippen LogP contribution < -0.4 is 4.74 Å². The van der Waals surface area contributed by atoms with Crippen molar-refractivity contribution in [2.45, 2.75) is 25.3 Å². The van der Waals surface area contributed by atoms with E-state index in [0.29, 0.717) is 46.4 Å². The Morgan fingerprint density at radius 3 is 2.46 bits per heavy atom. The van der Waals surface area contributed by atoms with Crippen LogP contribution in [0.25, 0.3) is 0 Å². The maximum atomic E-state index is 13.7. The molecule has 0 unspecified atom stereocenters. The Labute approximate surface area is 216 Å². The Balaban J connectivity index is 1.72. The maximum Gasteiger partial charge on any atom is 0.257 e.